The topological polar surface area (TPSA) is 29.5 Å². The average molecular weight is 379 g/mol. The lowest BCUT2D eigenvalue weighted by atomic mass is 10.2. The van der Waals surface area contributed by atoms with Gasteiger partial charge in [-0.05, 0) is 36.3 Å². The standard InChI is InChI=1S/C12H30OSi2.C6H9ClO/c1-11(2,3)14(7,8)13-15(9,10)12(4,5)6;7-5-3-1-2-4-6-8/h1-10H3;8H,3-6H2. The lowest BCUT2D eigenvalue weighted by Gasteiger charge is -2.47. The summed E-state index contributed by atoms with van der Waals surface area (Å²) < 4.78 is 6.63. The first-order valence-corrected chi connectivity index (χ1v) is 14.8. The number of halogens is 1. The van der Waals surface area contributed by atoms with Crippen LogP contribution in [0.1, 0.15) is 54.4 Å². The summed E-state index contributed by atoms with van der Waals surface area (Å²) in [6, 6.07) is 0. The fourth-order valence-electron chi connectivity index (χ4n) is 1.22. The molecule has 0 atom stereocenters. The minimum Gasteiger partial charge on any atom is -0.455 e. The summed E-state index contributed by atoms with van der Waals surface area (Å²) >= 11 is 5.32. The third-order valence-corrected chi connectivity index (χ3v) is 16.2. The Hall–Kier alpha value is 0.204. The molecule has 0 bridgehead atoms. The maximum atomic E-state index is 8.23. The molecule has 0 aromatic carbocycles. The van der Waals surface area contributed by atoms with Crippen molar-refractivity contribution in [3.63, 3.8) is 0 Å². The van der Waals surface area contributed by atoms with Gasteiger partial charge in [0.25, 0.3) is 0 Å². The molecule has 0 rings (SSSR count). The number of hydrogen-bond acceptors (Lipinski definition) is 2. The number of rotatable bonds is 4. The highest BCUT2D eigenvalue weighted by molar-refractivity contribution is 6.87. The second-order valence-corrected chi connectivity index (χ2v) is 19.1. The molecule has 0 aliphatic heterocycles. The van der Waals surface area contributed by atoms with Crippen molar-refractivity contribution >= 4 is 28.2 Å². The summed E-state index contributed by atoms with van der Waals surface area (Å²) in [6.45, 7) is 23.4. The van der Waals surface area contributed by atoms with Crippen LogP contribution in [0, 0.1) is 11.8 Å². The molecule has 0 unspecified atom stereocenters. The van der Waals surface area contributed by atoms with Gasteiger partial charge in [0.1, 0.15) is 0 Å². The lowest BCUT2D eigenvalue weighted by molar-refractivity contribution is 0.305. The smallest absolute Gasteiger partial charge is 0.178 e. The molecule has 0 radical (unpaired) electrons. The van der Waals surface area contributed by atoms with Gasteiger partial charge in [-0.15, -0.1) is 23.4 Å². The van der Waals surface area contributed by atoms with Gasteiger partial charge in [0.05, 0.1) is 6.61 Å². The zero-order chi connectivity index (χ0) is 18.9. The molecular formula is C18H39ClO2Si2. The van der Waals surface area contributed by atoms with Gasteiger partial charge in [0, 0.05) is 18.7 Å². The minimum absolute atomic E-state index is 0.148. The van der Waals surface area contributed by atoms with Crippen LogP contribution in [-0.2, 0) is 4.12 Å². The van der Waals surface area contributed by atoms with Crippen molar-refractivity contribution in [2.45, 2.75) is 90.6 Å². The predicted molar refractivity (Wildman–Crippen MR) is 110 cm³/mol. The van der Waals surface area contributed by atoms with Crippen LogP contribution in [-0.4, -0.2) is 34.2 Å². The zero-order valence-electron chi connectivity index (χ0n) is 17.1. The SMILES string of the molecule is CC(C)(C)[Si](C)(C)O[Si](C)(C)C(C)(C)C.OCCC#CCCCl. The Labute approximate surface area is 152 Å². The molecule has 1 N–H and O–H groups in total. The molecule has 0 aromatic heterocycles. The first-order chi connectivity index (χ1) is 10.1. The first-order valence-electron chi connectivity index (χ1n) is 8.45. The fourth-order valence-corrected chi connectivity index (χ4v) is 8.87. The molecule has 0 fully saturated rings. The van der Waals surface area contributed by atoms with Crippen LogP contribution in [0.3, 0.4) is 0 Å². The van der Waals surface area contributed by atoms with Gasteiger partial charge < -0.3 is 9.22 Å². The van der Waals surface area contributed by atoms with Crippen LogP contribution in [0.25, 0.3) is 0 Å². The Morgan fingerprint density at radius 3 is 1.43 bits per heavy atom. The van der Waals surface area contributed by atoms with E-state index in [4.69, 9.17) is 20.8 Å². The van der Waals surface area contributed by atoms with Gasteiger partial charge in [-0.1, -0.05) is 41.5 Å². The van der Waals surface area contributed by atoms with E-state index in [2.05, 4.69) is 79.6 Å². The quantitative estimate of drug-likeness (QED) is 0.368. The molecule has 0 saturated carbocycles. The van der Waals surface area contributed by atoms with Crippen molar-refractivity contribution in [2.75, 3.05) is 12.5 Å². The zero-order valence-corrected chi connectivity index (χ0v) is 19.8. The van der Waals surface area contributed by atoms with Gasteiger partial charge >= 0.3 is 0 Å². The summed E-state index contributed by atoms with van der Waals surface area (Å²) in [5.41, 5.74) is 0. The molecular weight excluding hydrogens is 340 g/mol. The highest BCUT2D eigenvalue weighted by Gasteiger charge is 2.46. The summed E-state index contributed by atoms with van der Waals surface area (Å²) in [5, 5.41) is 8.87. The summed E-state index contributed by atoms with van der Waals surface area (Å²) in [4.78, 5) is 0. The van der Waals surface area contributed by atoms with Crippen molar-refractivity contribution < 1.29 is 9.22 Å². The van der Waals surface area contributed by atoms with Crippen molar-refractivity contribution in [1.82, 2.24) is 0 Å². The normalized spacial score (nSPS) is 12.9. The van der Waals surface area contributed by atoms with Crippen molar-refractivity contribution in [2.24, 2.45) is 0 Å². The van der Waals surface area contributed by atoms with E-state index < -0.39 is 16.6 Å². The Kier molecular flexibility index (Phi) is 11.3. The van der Waals surface area contributed by atoms with Crippen LogP contribution in [0.2, 0.25) is 36.3 Å². The van der Waals surface area contributed by atoms with Crippen LogP contribution in [0.4, 0.5) is 0 Å². The van der Waals surface area contributed by atoms with Gasteiger partial charge in [-0.25, -0.2) is 0 Å². The summed E-state index contributed by atoms with van der Waals surface area (Å²) in [7, 11) is -3.18. The van der Waals surface area contributed by atoms with Gasteiger partial charge in [-0.2, -0.15) is 0 Å². The molecule has 138 valence electrons. The summed E-state index contributed by atoms with van der Waals surface area (Å²) in [6.07, 6.45) is 1.29. The molecule has 0 heterocycles. The summed E-state index contributed by atoms with van der Waals surface area (Å²) in [5.74, 6) is 6.13. The third kappa shape index (κ3) is 10.6. The minimum atomic E-state index is -1.59. The molecule has 0 aromatic rings. The van der Waals surface area contributed by atoms with E-state index in [0.717, 1.165) is 6.42 Å². The van der Waals surface area contributed by atoms with Gasteiger partial charge in [0.15, 0.2) is 16.6 Å². The van der Waals surface area contributed by atoms with E-state index in [-0.39, 0.29) is 6.61 Å². The Bertz CT molecular complexity index is 349. The number of aliphatic hydroxyl groups excluding tert-OH is 1. The van der Waals surface area contributed by atoms with Crippen molar-refractivity contribution in [1.29, 1.82) is 0 Å². The van der Waals surface area contributed by atoms with Crippen LogP contribution < -0.4 is 0 Å². The third-order valence-electron chi connectivity index (χ3n) is 4.70. The molecule has 0 aliphatic rings. The lowest BCUT2D eigenvalue weighted by Crippen LogP contribution is -2.53. The first kappa shape index (κ1) is 25.4. The van der Waals surface area contributed by atoms with E-state index in [9.17, 15) is 0 Å². The van der Waals surface area contributed by atoms with Crippen LogP contribution in [0.5, 0.6) is 0 Å². The maximum absolute atomic E-state index is 8.23. The fraction of sp³-hybridized carbons (Fsp3) is 0.889. The molecule has 0 amide bonds. The maximum Gasteiger partial charge on any atom is 0.178 e. The molecule has 0 aliphatic carbocycles. The molecule has 5 heteroatoms. The Balaban J connectivity index is 0. The van der Waals surface area contributed by atoms with E-state index in [1.807, 2.05) is 0 Å². The van der Waals surface area contributed by atoms with E-state index in [1.165, 1.54) is 0 Å². The van der Waals surface area contributed by atoms with Crippen molar-refractivity contribution in [3.05, 3.63) is 0 Å². The van der Waals surface area contributed by atoms with E-state index >= 15 is 0 Å². The Morgan fingerprint density at radius 2 is 1.17 bits per heavy atom. The molecule has 0 saturated heterocycles. The second kappa shape index (κ2) is 10.3. The Morgan fingerprint density at radius 1 is 0.826 bits per heavy atom. The van der Waals surface area contributed by atoms with E-state index in [0.29, 0.717) is 22.4 Å². The second-order valence-electron chi connectivity index (χ2n) is 8.89. The number of alkyl halides is 1. The molecule has 0 spiro atoms. The monoisotopic (exact) mass is 378 g/mol. The largest absolute Gasteiger partial charge is 0.455 e. The van der Waals surface area contributed by atoms with E-state index in [1.54, 1.807) is 0 Å². The molecule has 2 nitrogen and oxygen atoms in total. The highest BCUT2D eigenvalue weighted by Crippen LogP contribution is 2.44. The number of aliphatic hydroxyl groups is 1. The van der Waals surface area contributed by atoms with Crippen LogP contribution >= 0.6 is 11.6 Å². The number of hydrogen-bond donors (Lipinski definition) is 1. The van der Waals surface area contributed by atoms with Gasteiger partial charge in [0.2, 0.25) is 0 Å². The molecule has 23 heavy (non-hydrogen) atoms. The predicted octanol–water partition coefficient (Wildman–Crippen LogP) is 6.01. The average Bonchev–Trinajstić information content (AvgIpc) is 2.31. The van der Waals surface area contributed by atoms with Crippen molar-refractivity contribution in [3.8, 4) is 11.8 Å². The highest BCUT2D eigenvalue weighted by atomic mass is 35.5. The van der Waals surface area contributed by atoms with Crippen LogP contribution in [0.15, 0.2) is 0 Å². The van der Waals surface area contributed by atoms with Gasteiger partial charge in [-0.3, -0.25) is 0 Å².